The zero-order valence-electron chi connectivity index (χ0n) is 14.9. The number of thioether (sulfide) groups is 1. The molecule has 8 heteroatoms. The molecular formula is C20H16FN3O2S2. The van der Waals surface area contributed by atoms with Crippen LogP contribution in [0.1, 0.15) is 16.7 Å². The van der Waals surface area contributed by atoms with Crippen LogP contribution < -0.4 is 5.32 Å². The molecule has 0 saturated carbocycles. The number of hydrogen-bond donors (Lipinski definition) is 1. The average Bonchev–Trinajstić information content (AvgIpc) is 3.28. The summed E-state index contributed by atoms with van der Waals surface area (Å²) in [5.41, 5.74) is 3.30. The van der Waals surface area contributed by atoms with Crippen molar-refractivity contribution < 1.29 is 13.6 Å². The van der Waals surface area contributed by atoms with Crippen LogP contribution in [0.3, 0.4) is 0 Å². The van der Waals surface area contributed by atoms with E-state index in [-0.39, 0.29) is 18.1 Å². The van der Waals surface area contributed by atoms with Crippen molar-refractivity contribution >= 4 is 45.1 Å². The van der Waals surface area contributed by atoms with E-state index in [9.17, 15) is 9.18 Å². The molecule has 0 aliphatic heterocycles. The molecule has 5 nitrogen and oxygen atoms in total. The van der Waals surface area contributed by atoms with Crippen LogP contribution in [0.15, 0.2) is 57.5 Å². The molecule has 4 rings (SSSR count). The average molecular weight is 413 g/mol. The van der Waals surface area contributed by atoms with Gasteiger partial charge in [-0.3, -0.25) is 4.79 Å². The molecule has 2 aromatic heterocycles. The van der Waals surface area contributed by atoms with E-state index >= 15 is 0 Å². The van der Waals surface area contributed by atoms with Gasteiger partial charge in [0.05, 0.1) is 12.7 Å². The molecule has 0 aliphatic rings. The zero-order valence-corrected chi connectivity index (χ0v) is 16.6. The lowest BCUT2D eigenvalue weighted by atomic mass is 10.1. The first-order valence-electron chi connectivity index (χ1n) is 8.55. The van der Waals surface area contributed by atoms with Crippen molar-refractivity contribution in [3.8, 4) is 0 Å². The molecule has 0 bridgehead atoms. The van der Waals surface area contributed by atoms with Crippen LogP contribution in [0.2, 0.25) is 0 Å². The second-order valence-corrected chi connectivity index (χ2v) is 8.44. The third-order valence-corrected chi connectivity index (χ3v) is 6.14. The monoisotopic (exact) mass is 413 g/mol. The van der Waals surface area contributed by atoms with E-state index in [1.165, 1.54) is 29.2 Å². The van der Waals surface area contributed by atoms with Gasteiger partial charge in [-0.2, -0.15) is 0 Å². The van der Waals surface area contributed by atoms with E-state index in [2.05, 4.69) is 15.5 Å². The number of aryl methyl sites for hydroxylation is 1. The van der Waals surface area contributed by atoms with Crippen molar-refractivity contribution in [2.75, 3.05) is 5.32 Å². The van der Waals surface area contributed by atoms with Crippen molar-refractivity contribution in [3.05, 3.63) is 71.2 Å². The molecule has 0 fully saturated rings. The van der Waals surface area contributed by atoms with Gasteiger partial charge in [0.1, 0.15) is 11.4 Å². The van der Waals surface area contributed by atoms with Crippen LogP contribution >= 0.6 is 23.1 Å². The van der Waals surface area contributed by atoms with Crippen LogP contribution in [0.4, 0.5) is 9.52 Å². The number of benzene rings is 2. The quantitative estimate of drug-likeness (QED) is 0.347. The molecule has 0 saturated heterocycles. The lowest BCUT2D eigenvalue weighted by Crippen LogP contribution is -2.13. The van der Waals surface area contributed by atoms with E-state index in [1.807, 2.05) is 25.1 Å². The third kappa shape index (κ3) is 4.23. The van der Waals surface area contributed by atoms with Gasteiger partial charge < -0.3 is 9.73 Å². The highest BCUT2D eigenvalue weighted by atomic mass is 32.2. The maximum atomic E-state index is 13.7. The van der Waals surface area contributed by atoms with Crippen molar-refractivity contribution in [1.29, 1.82) is 0 Å². The normalized spacial score (nSPS) is 11.1. The molecule has 28 heavy (non-hydrogen) atoms. The van der Waals surface area contributed by atoms with Crippen molar-refractivity contribution in [2.24, 2.45) is 0 Å². The molecule has 1 amide bonds. The number of rotatable bonds is 6. The highest BCUT2D eigenvalue weighted by Crippen LogP contribution is 2.29. The number of carbonyl (C=O) groups excluding carboxylic acids is 1. The largest absolute Gasteiger partial charge is 0.464 e. The minimum Gasteiger partial charge on any atom is -0.464 e. The van der Waals surface area contributed by atoms with Crippen molar-refractivity contribution in [1.82, 2.24) is 10.2 Å². The molecule has 0 spiro atoms. The Balaban J connectivity index is 1.36. The zero-order chi connectivity index (χ0) is 19.5. The predicted octanol–water partition coefficient (Wildman–Crippen LogP) is 5.21. The fraction of sp³-hybridized carbons (Fsp3) is 0.150. The number of amides is 1. The molecular weight excluding hydrogens is 397 g/mol. The molecule has 0 unspecified atom stereocenters. The summed E-state index contributed by atoms with van der Waals surface area (Å²) < 4.78 is 19.9. The Kier molecular flexibility index (Phi) is 5.40. The first-order valence-corrected chi connectivity index (χ1v) is 10.3. The molecule has 0 radical (unpaired) electrons. The van der Waals surface area contributed by atoms with E-state index in [0.29, 0.717) is 20.8 Å². The Morgan fingerprint density at radius 1 is 1.21 bits per heavy atom. The Morgan fingerprint density at radius 2 is 2.07 bits per heavy atom. The number of halogens is 1. The highest BCUT2D eigenvalue weighted by Gasteiger charge is 2.13. The van der Waals surface area contributed by atoms with Crippen LogP contribution in [-0.2, 0) is 17.0 Å². The minimum absolute atomic E-state index is 0.188. The predicted molar refractivity (Wildman–Crippen MR) is 109 cm³/mol. The molecule has 0 aliphatic carbocycles. The standard InChI is InChI=1S/C20H16FN3O2S2/c1-12-6-7-15-14(10-26-17(15)8-12)9-18(25)22-19-23-24-20(28-19)27-11-13-4-2-3-5-16(13)21/h2-8,10H,9,11H2,1H3,(H,22,23,25). The van der Waals surface area contributed by atoms with Gasteiger partial charge in [0.25, 0.3) is 0 Å². The molecule has 2 aromatic carbocycles. The second-order valence-electron chi connectivity index (χ2n) is 6.24. The van der Waals surface area contributed by atoms with Gasteiger partial charge in [-0.25, -0.2) is 4.39 Å². The van der Waals surface area contributed by atoms with Gasteiger partial charge >= 0.3 is 0 Å². The minimum atomic E-state index is -0.240. The van der Waals surface area contributed by atoms with Gasteiger partial charge in [0.2, 0.25) is 11.0 Å². The lowest BCUT2D eigenvalue weighted by Gasteiger charge is -2.00. The lowest BCUT2D eigenvalue weighted by molar-refractivity contribution is -0.115. The van der Waals surface area contributed by atoms with Gasteiger partial charge in [0, 0.05) is 16.7 Å². The Morgan fingerprint density at radius 3 is 2.93 bits per heavy atom. The van der Waals surface area contributed by atoms with Crippen molar-refractivity contribution in [3.63, 3.8) is 0 Å². The smallest absolute Gasteiger partial charge is 0.230 e. The molecule has 1 N–H and O–H groups in total. The van der Waals surface area contributed by atoms with Crippen molar-refractivity contribution in [2.45, 2.75) is 23.4 Å². The summed E-state index contributed by atoms with van der Waals surface area (Å²) in [4.78, 5) is 12.4. The first-order chi connectivity index (χ1) is 13.6. The van der Waals surface area contributed by atoms with E-state index in [0.717, 1.165) is 22.1 Å². The summed E-state index contributed by atoms with van der Waals surface area (Å²) in [5.74, 6) is 0.0241. The Bertz CT molecular complexity index is 1140. The van der Waals surface area contributed by atoms with Crippen LogP contribution in [0.5, 0.6) is 0 Å². The number of aromatic nitrogens is 2. The van der Waals surface area contributed by atoms with Gasteiger partial charge in [-0.15, -0.1) is 10.2 Å². The number of fused-ring (bicyclic) bond motifs is 1. The maximum Gasteiger partial charge on any atom is 0.230 e. The summed E-state index contributed by atoms with van der Waals surface area (Å²) in [7, 11) is 0. The number of furan rings is 1. The van der Waals surface area contributed by atoms with Crippen LogP contribution in [0.25, 0.3) is 11.0 Å². The Labute approximate surface area is 169 Å². The Hall–Kier alpha value is -2.71. The second kappa shape index (κ2) is 8.12. The van der Waals surface area contributed by atoms with Crippen LogP contribution in [0, 0.1) is 12.7 Å². The SMILES string of the molecule is Cc1ccc2c(CC(=O)Nc3nnc(SCc4ccccc4F)s3)coc2c1. The summed E-state index contributed by atoms with van der Waals surface area (Å²) in [6.07, 6.45) is 1.80. The van der Waals surface area contributed by atoms with E-state index in [1.54, 1.807) is 24.5 Å². The fourth-order valence-corrected chi connectivity index (χ4v) is 4.49. The number of nitrogens with zero attached hydrogens (tertiary/aromatic N) is 2. The topological polar surface area (TPSA) is 68.0 Å². The van der Waals surface area contributed by atoms with E-state index in [4.69, 9.17) is 4.42 Å². The molecule has 0 atom stereocenters. The summed E-state index contributed by atoms with van der Waals surface area (Å²) in [5, 5.41) is 12.2. The molecule has 2 heterocycles. The van der Waals surface area contributed by atoms with Gasteiger partial charge in [-0.05, 0) is 30.2 Å². The first kappa shape index (κ1) is 18.6. The summed E-state index contributed by atoms with van der Waals surface area (Å²) in [6.45, 7) is 1.99. The molecule has 142 valence electrons. The van der Waals surface area contributed by atoms with Gasteiger partial charge in [-0.1, -0.05) is 53.4 Å². The summed E-state index contributed by atoms with van der Waals surface area (Å²) in [6, 6.07) is 12.5. The molecule has 4 aromatic rings. The fourth-order valence-electron chi connectivity index (χ4n) is 2.74. The van der Waals surface area contributed by atoms with Gasteiger partial charge in [0.15, 0.2) is 4.34 Å². The number of nitrogens with one attached hydrogen (secondary N) is 1. The maximum absolute atomic E-state index is 13.7. The highest BCUT2D eigenvalue weighted by molar-refractivity contribution is 8.00. The number of anilines is 1. The third-order valence-electron chi connectivity index (χ3n) is 4.12. The number of carbonyl (C=O) groups is 1. The van der Waals surface area contributed by atoms with E-state index < -0.39 is 0 Å². The van der Waals surface area contributed by atoms with Crippen LogP contribution in [-0.4, -0.2) is 16.1 Å². The number of hydrogen-bond acceptors (Lipinski definition) is 6. The summed E-state index contributed by atoms with van der Waals surface area (Å²) >= 11 is 2.65.